The van der Waals surface area contributed by atoms with Crippen LogP contribution in [0, 0.1) is 0 Å². The third-order valence-electron chi connectivity index (χ3n) is 2.98. The predicted molar refractivity (Wildman–Crippen MR) is 87.4 cm³/mol. The fraction of sp³-hybridized carbons (Fsp3) is 0.0625. The van der Waals surface area contributed by atoms with Gasteiger partial charge in [0.05, 0.1) is 10.8 Å². The molecule has 3 aromatic rings. The van der Waals surface area contributed by atoms with Crippen molar-refractivity contribution in [3.8, 4) is 11.3 Å². The first-order valence-electron chi connectivity index (χ1n) is 6.42. The topological polar surface area (TPSA) is 52.0 Å². The molecule has 0 bridgehead atoms. The van der Waals surface area contributed by atoms with E-state index in [4.69, 9.17) is 21.9 Å². The Morgan fingerprint density at radius 1 is 1.10 bits per heavy atom. The first-order valence-corrected chi connectivity index (χ1v) is 7.78. The van der Waals surface area contributed by atoms with E-state index in [1.54, 1.807) is 11.8 Å². The second kappa shape index (κ2) is 6.24. The lowest BCUT2D eigenvalue weighted by Gasteiger charge is -2.05. The van der Waals surface area contributed by atoms with Crippen molar-refractivity contribution >= 4 is 29.1 Å². The number of anilines is 1. The van der Waals surface area contributed by atoms with Crippen LogP contribution >= 0.6 is 23.4 Å². The molecule has 0 amide bonds. The number of benzene rings is 2. The summed E-state index contributed by atoms with van der Waals surface area (Å²) >= 11 is 7.69. The number of hydrogen-bond donors (Lipinski definition) is 1. The van der Waals surface area contributed by atoms with Crippen LogP contribution in [0.3, 0.4) is 0 Å². The minimum absolute atomic E-state index is 0.633. The van der Waals surface area contributed by atoms with Crippen LogP contribution < -0.4 is 5.73 Å². The smallest absolute Gasteiger partial charge is 0.147 e. The molecule has 1 heterocycles. The Hall–Kier alpha value is -1.91. The van der Waals surface area contributed by atoms with Gasteiger partial charge in [-0.3, -0.25) is 0 Å². The third kappa shape index (κ3) is 3.23. The molecule has 0 aliphatic heterocycles. The summed E-state index contributed by atoms with van der Waals surface area (Å²) in [6.45, 7) is 0. The van der Waals surface area contributed by atoms with Gasteiger partial charge < -0.3 is 10.3 Å². The maximum Gasteiger partial charge on any atom is 0.147 e. The lowest BCUT2D eigenvalue weighted by molar-refractivity contribution is 0.397. The fourth-order valence-electron chi connectivity index (χ4n) is 1.95. The molecule has 1 aromatic heterocycles. The van der Waals surface area contributed by atoms with Gasteiger partial charge in [-0.1, -0.05) is 53.2 Å². The number of nitrogen functional groups attached to an aromatic ring is 1. The largest absolute Gasteiger partial charge is 0.398 e. The molecule has 0 saturated carbocycles. The SMILES string of the molecule is Nc1cccc(Cl)c1SCc1cc(-c2ccccc2)no1. The average Bonchev–Trinajstić information content (AvgIpc) is 2.97. The maximum absolute atomic E-state index is 6.15. The van der Waals surface area contributed by atoms with E-state index in [1.165, 1.54) is 0 Å². The monoisotopic (exact) mass is 316 g/mol. The number of rotatable bonds is 4. The summed E-state index contributed by atoms with van der Waals surface area (Å²) in [4.78, 5) is 0.872. The lowest BCUT2D eigenvalue weighted by atomic mass is 10.1. The molecule has 0 saturated heterocycles. The van der Waals surface area contributed by atoms with E-state index in [9.17, 15) is 0 Å². The summed E-state index contributed by atoms with van der Waals surface area (Å²) in [5.74, 6) is 1.42. The zero-order valence-corrected chi connectivity index (χ0v) is 12.7. The number of halogens is 1. The molecule has 0 aliphatic rings. The molecule has 0 spiro atoms. The second-order valence-electron chi connectivity index (χ2n) is 4.49. The summed E-state index contributed by atoms with van der Waals surface area (Å²) in [6.07, 6.45) is 0. The lowest BCUT2D eigenvalue weighted by Crippen LogP contribution is -1.89. The standard InChI is InChI=1S/C16H13ClN2OS/c17-13-7-4-8-14(18)16(13)21-10-12-9-15(19-20-12)11-5-2-1-3-6-11/h1-9H,10,18H2. The van der Waals surface area contributed by atoms with Crippen molar-refractivity contribution in [2.24, 2.45) is 0 Å². The first-order chi connectivity index (χ1) is 10.2. The summed E-state index contributed by atoms with van der Waals surface area (Å²) in [6, 6.07) is 17.4. The highest BCUT2D eigenvalue weighted by Crippen LogP contribution is 2.35. The van der Waals surface area contributed by atoms with Crippen LogP contribution in [-0.2, 0) is 5.75 Å². The Balaban J connectivity index is 1.74. The van der Waals surface area contributed by atoms with Gasteiger partial charge in [0, 0.05) is 22.2 Å². The highest BCUT2D eigenvalue weighted by Gasteiger charge is 2.10. The van der Waals surface area contributed by atoms with Crippen molar-refractivity contribution in [3.05, 3.63) is 65.4 Å². The van der Waals surface area contributed by atoms with Gasteiger partial charge in [-0.05, 0) is 12.1 Å². The summed E-state index contributed by atoms with van der Waals surface area (Å²) in [5, 5.41) is 4.75. The van der Waals surface area contributed by atoms with Crippen molar-refractivity contribution < 1.29 is 4.52 Å². The van der Waals surface area contributed by atoms with Gasteiger partial charge in [-0.25, -0.2) is 0 Å². The van der Waals surface area contributed by atoms with E-state index in [0.29, 0.717) is 16.5 Å². The van der Waals surface area contributed by atoms with Gasteiger partial charge >= 0.3 is 0 Å². The average molecular weight is 317 g/mol. The van der Waals surface area contributed by atoms with Gasteiger partial charge in [0.1, 0.15) is 11.5 Å². The zero-order chi connectivity index (χ0) is 14.7. The Bertz CT molecular complexity index is 723. The molecule has 0 aliphatic carbocycles. The van der Waals surface area contributed by atoms with Gasteiger partial charge in [0.25, 0.3) is 0 Å². The summed E-state index contributed by atoms with van der Waals surface area (Å²) in [5.41, 5.74) is 8.48. The predicted octanol–water partition coefficient (Wildman–Crippen LogP) is 4.87. The molecule has 3 rings (SSSR count). The highest BCUT2D eigenvalue weighted by atomic mass is 35.5. The summed E-state index contributed by atoms with van der Waals surface area (Å²) in [7, 11) is 0. The third-order valence-corrected chi connectivity index (χ3v) is 4.58. The molecule has 0 radical (unpaired) electrons. The normalized spacial score (nSPS) is 10.7. The van der Waals surface area contributed by atoms with Gasteiger partial charge in [0.2, 0.25) is 0 Å². The molecule has 3 nitrogen and oxygen atoms in total. The van der Waals surface area contributed by atoms with E-state index in [-0.39, 0.29) is 0 Å². The number of hydrogen-bond acceptors (Lipinski definition) is 4. The van der Waals surface area contributed by atoms with Gasteiger partial charge in [-0.15, -0.1) is 11.8 Å². The molecule has 0 atom stereocenters. The number of nitrogens with zero attached hydrogens (tertiary/aromatic N) is 1. The minimum Gasteiger partial charge on any atom is -0.398 e. The van der Waals surface area contributed by atoms with Crippen molar-refractivity contribution in [2.45, 2.75) is 10.6 Å². The Kier molecular flexibility index (Phi) is 4.18. The van der Waals surface area contributed by atoms with E-state index in [0.717, 1.165) is 21.9 Å². The molecule has 0 fully saturated rings. The second-order valence-corrected chi connectivity index (χ2v) is 5.88. The van der Waals surface area contributed by atoms with Gasteiger partial charge in [-0.2, -0.15) is 0 Å². The quantitative estimate of drug-likeness (QED) is 0.551. The van der Waals surface area contributed by atoms with E-state index in [1.807, 2.05) is 54.6 Å². The highest BCUT2D eigenvalue weighted by molar-refractivity contribution is 7.98. The van der Waals surface area contributed by atoms with E-state index in [2.05, 4.69) is 5.16 Å². The molecular formula is C16H13ClN2OS. The Morgan fingerprint density at radius 3 is 2.67 bits per heavy atom. The number of nitrogens with two attached hydrogens (primary N) is 1. The van der Waals surface area contributed by atoms with Gasteiger partial charge in [0.15, 0.2) is 0 Å². The molecule has 2 aromatic carbocycles. The van der Waals surface area contributed by atoms with Crippen LogP contribution in [0.25, 0.3) is 11.3 Å². The van der Waals surface area contributed by atoms with Crippen LogP contribution in [0.1, 0.15) is 5.76 Å². The molecule has 5 heteroatoms. The van der Waals surface area contributed by atoms with E-state index < -0.39 is 0 Å². The zero-order valence-electron chi connectivity index (χ0n) is 11.1. The summed E-state index contributed by atoms with van der Waals surface area (Å²) < 4.78 is 5.37. The van der Waals surface area contributed by atoms with Crippen molar-refractivity contribution in [1.82, 2.24) is 5.16 Å². The molecule has 0 unspecified atom stereocenters. The van der Waals surface area contributed by atoms with Crippen molar-refractivity contribution in [1.29, 1.82) is 0 Å². The Labute approximate surface area is 132 Å². The fourth-order valence-corrected chi connectivity index (χ4v) is 3.16. The Morgan fingerprint density at radius 2 is 1.90 bits per heavy atom. The van der Waals surface area contributed by atoms with Crippen LogP contribution in [0.4, 0.5) is 5.69 Å². The number of aromatic nitrogens is 1. The van der Waals surface area contributed by atoms with E-state index >= 15 is 0 Å². The number of thioether (sulfide) groups is 1. The van der Waals surface area contributed by atoms with Crippen LogP contribution in [0.5, 0.6) is 0 Å². The molecule has 2 N–H and O–H groups in total. The van der Waals surface area contributed by atoms with Crippen LogP contribution in [0.15, 0.2) is 64.0 Å². The molecule has 21 heavy (non-hydrogen) atoms. The van der Waals surface area contributed by atoms with Crippen LogP contribution in [0.2, 0.25) is 5.02 Å². The first kappa shape index (κ1) is 14.0. The van der Waals surface area contributed by atoms with Crippen molar-refractivity contribution in [2.75, 3.05) is 5.73 Å². The maximum atomic E-state index is 6.15. The minimum atomic E-state index is 0.633. The molecular weight excluding hydrogens is 304 g/mol. The van der Waals surface area contributed by atoms with Crippen molar-refractivity contribution in [3.63, 3.8) is 0 Å². The molecule has 106 valence electrons. The van der Waals surface area contributed by atoms with Crippen LogP contribution in [-0.4, -0.2) is 5.16 Å².